The van der Waals surface area contributed by atoms with Gasteiger partial charge >= 0.3 is 0 Å². The number of imidazole rings is 1. The van der Waals surface area contributed by atoms with Crippen molar-refractivity contribution in [3.63, 3.8) is 0 Å². The molecule has 0 aliphatic rings. The monoisotopic (exact) mass is 301 g/mol. The molecule has 3 aromatic rings. The summed E-state index contributed by atoms with van der Waals surface area (Å²) < 4.78 is 1.95. The van der Waals surface area contributed by atoms with Crippen molar-refractivity contribution in [2.75, 3.05) is 11.9 Å². The summed E-state index contributed by atoms with van der Waals surface area (Å²) in [6.45, 7) is 2.11. The number of thiophene rings is 1. The molecule has 0 aliphatic carbocycles. The smallest absolute Gasteiger partial charge is 0.253 e. The van der Waals surface area contributed by atoms with Crippen LogP contribution in [-0.2, 0) is 4.79 Å². The summed E-state index contributed by atoms with van der Waals surface area (Å²) in [6, 6.07) is 5.98. The number of anilines is 1. The van der Waals surface area contributed by atoms with Crippen molar-refractivity contribution in [3.8, 4) is 11.3 Å². The Morgan fingerprint density at radius 2 is 2.29 bits per heavy atom. The molecule has 21 heavy (non-hydrogen) atoms. The SMILES string of the molecule is Cc1ccc2nc(-c3ccsc3)c(NCC(=O)NN)n2c1. The van der Waals surface area contributed by atoms with E-state index >= 15 is 0 Å². The summed E-state index contributed by atoms with van der Waals surface area (Å²) in [7, 11) is 0. The predicted octanol–water partition coefficient (Wildman–Crippen LogP) is 1.77. The molecule has 6 nitrogen and oxygen atoms in total. The van der Waals surface area contributed by atoms with Gasteiger partial charge < -0.3 is 5.32 Å². The van der Waals surface area contributed by atoms with Crippen LogP contribution in [0.15, 0.2) is 35.2 Å². The predicted molar refractivity (Wildman–Crippen MR) is 84.1 cm³/mol. The molecular formula is C14H15N5OS. The van der Waals surface area contributed by atoms with E-state index < -0.39 is 0 Å². The number of aryl methyl sites for hydroxylation is 1. The average Bonchev–Trinajstić information content (AvgIpc) is 3.11. The molecule has 3 heterocycles. The number of nitrogens with zero attached hydrogens (tertiary/aromatic N) is 2. The molecule has 0 aliphatic heterocycles. The van der Waals surface area contributed by atoms with Crippen molar-refractivity contribution in [3.05, 3.63) is 40.7 Å². The molecule has 1 amide bonds. The van der Waals surface area contributed by atoms with E-state index in [0.29, 0.717) is 0 Å². The van der Waals surface area contributed by atoms with Gasteiger partial charge in [0.25, 0.3) is 5.91 Å². The number of hydrogen-bond donors (Lipinski definition) is 3. The fourth-order valence-electron chi connectivity index (χ4n) is 2.14. The van der Waals surface area contributed by atoms with Crippen LogP contribution in [0.4, 0.5) is 5.82 Å². The zero-order valence-corrected chi connectivity index (χ0v) is 12.3. The van der Waals surface area contributed by atoms with Crippen molar-refractivity contribution < 1.29 is 4.79 Å². The Kier molecular flexibility index (Phi) is 3.59. The molecule has 4 N–H and O–H groups in total. The van der Waals surface area contributed by atoms with Crippen LogP contribution in [0.25, 0.3) is 16.9 Å². The van der Waals surface area contributed by atoms with Crippen LogP contribution in [0, 0.1) is 6.92 Å². The third-order valence-electron chi connectivity index (χ3n) is 3.14. The van der Waals surface area contributed by atoms with E-state index in [1.807, 2.05) is 46.5 Å². The van der Waals surface area contributed by atoms with Crippen molar-refractivity contribution in [1.29, 1.82) is 0 Å². The molecular weight excluding hydrogens is 286 g/mol. The van der Waals surface area contributed by atoms with Crippen LogP contribution >= 0.6 is 11.3 Å². The highest BCUT2D eigenvalue weighted by Crippen LogP contribution is 2.30. The lowest BCUT2D eigenvalue weighted by Gasteiger charge is -2.07. The molecule has 0 saturated heterocycles. The lowest BCUT2D eigenvalue weighted by Crippen LogP contribution is -2.35. The maximum absolute atomic E-state index is 11.4. The van der Waals surface area contributed by atoms with Crippen LogP contribution in [0.2, 0.25) is 0 Å². The highest BCUT2D eigenvalue weighted by molar-refractivity contribution is 7.08. The quantitative estimate of drug-likeness (QED) is 0.389. The van der Waals surface area contributed by atoms with E-state index in [9.17, 15) is 4.79 Å². The van der Waals surface area contributed by atoms with Gasteiger partial charge in [0.2, 0.25) is 0 Å². The number of hydrazine groups is 1. The minimum Gasteiger partial charge on any atom is -0.360 e. The largest absolute Gasteiger partial charge is 0.360 e. The second-order valence-corrected chi connectivity index (χ2v) is 5.46. The van der Waals surface area contributed by atoms with E-state index in [0.717, 1.165) is 28.3 Å². The Morgan fingerprint density at radius 1 is 1.43 bits per heavy atom. The summed E-state index contributed by atoms with van der Waals surface area (Å²) in [5.74, 6) is 5.62. The standard InChI is InChI=1S/C14H15N5OS/c1-9-2-3-11-17-13(10-4-5-21-8-10)14(19(11)7-9)16-6-12(20)18-15/h2-5,7-8,16H,6,15H2,1H3,(H,18,20). The molecule has 0 fully saturated rings. The molecule has 0 aromatic carbocycles. The normalized spacial score (nSPS) is 10.8. The Labute approximate surface area is 125 Å². The fraction of sp³-hybridized carbons (Fsp3) is 0.143. The van der Waals surface area contributed by atoms with Gasteiger partial charge in [0.1, 0.15) is 17.2 Å². The summed E-state index contributed by atoms with van der Waals surface area (Å²) >= 11 is 1.61. The first-order valence-corrected chi connectivity index (χ1v) is 7.38. The maximum atomic E-state index is 11.4. The molecule has 108 valence electrons. The number of nitrogens with one attached hydrogen (secondary N) is 2. The van der Waals surface area contributed by atoms with E-state index in [4.69, 9.17) is 5.84 Å². The molecule has 0 atom stereocenters. The number of amides is 1. The van der Waals surface area contributed by atoms with Crippen LogP contribution < -0.4 is 16.6 Å². The number of rotatable bonds is 4. The molecule has 0 unspecified atom stereocenters. The van der Waals surface area contributed by atoms with E-state index in [1.54, 1.807) is 11.3 Å². The summed E-state index contributed by atoms with van der Waals surface area (Å²) in [4.78, 5) is 16.0. The Morgan fingerprint density at radius 3 is 3.00 bits per heavy atom. The van der Waals surface area contributed by atoms with E-state index in [2.05, 4.69) is 15.7 Å². The molecule has 0 saturated carbocycles. The first-order valence-electron chi connectivity index (χ1n) is 6.43. The van der Waals surface area contributed by atoms with Gasteiger partial charge in [-0.15, -0.1) is 0 Å². The lowest BCUT2D eigenvalue weighted by atomic mass is 10.2. The number of nitrogens with two attached hydrogens (primary N) is 1. The van der Waals surface area contributed by atoms with Gasteiger partial charge in [0.15, 0.2) is 0 Å². The fourth-order valence-corrected chi connectivity index (χ4v) is 2.78. The highest BCUT2D eigenvalue weighted by atomic mass is 32.1. The molecule has 0 bridgehead atoms. The third kappa shape index (κ3) is 2.61. The minimum atomic E-state index is -0.283. The number of aromatic nitrogens is 2. The topological polar surface area (TPSA) is 84.5 Å². The van der Waals surface area contributed by atoms with Crippen LogP contribution in [-0.4, -0.2) is 21.8 Å². The van der Waals surface area contributed by atoms with Crippen LogP contribution in [0.3, 0.4) is 0 Å². The molecule has 3 rings (SSSR count). The molecule has 3 aromatic heterocycles. The zero-order valence-electron chi connectivity index (χ0n) is 11.5. The molecule has 0 spiro atoms. The Balaban J connectivity index is 2.10. The minimum absolute atomic E-state index is 0.0926. The van der Waals surface area contributed by atoms with Crippen molar-refractivity contribution in [2.24, 2.45) is 5.84 Å². The third-order valence-corrected chi connectivity index (χ3v) is 3.82. The number of fused-ring (bicyclic) bond motifs is 1. The number of carbonyl (C=O) groups excluding carboxylic acids is 1. The van der Waals surface area contributed by atoms with Crippen molar-refractivity contribution in [1.82, 2.24) is 14.8 Å². The summed E-state index contributed by atoms with van der Waals surface area (Å²) in [5, 5.41) is 7.15. The zero-order chi connectivity index (χ0) is 14.8. The Bertz CT molecular complexity index is 778. The first kappa shape index (κ1) is 13.6. The molecule has 7 heteroatoms. The van der Waals surface area contributed by atoms with Gasteiger partial charge in [-0.1, -0.05) is 6.07 Å². The first-order chi connectivity index (χ1) is 10.2. The Hall–Kier alpha value is -2.38. The number of hydrogen-bond acceptors (Lipinski definition) is 5. The van der Waals surface area contributed by atoms with Crippen LogP contribution in [0.5, 0.6) is 0 Å². The van der Waals surface area contributed by atoms with Crippen LogP contribution in [0.1, 0.15) is 5.56 Å². The molecule has 0 radical (unpaired) electrons. The lowest BCUT2D eigenvalue weighted by molar-refractivity contribution is -0.119. The van der Waals surface area contributed by atoms with Crippen molar-refractivity contribution >= 4 is 28.7 Å². The second kappa shape index (κ2) is 5.55. The summed E-state index contributed by atoms with van der Waals surface area (Å²) in [6.07, 6.45) is 1.99. The van der Waals surface area contributed by atoms with E-state index in [1.165, 1.54) is 0 Å². The number of carbonyl (C=O) groups is 1. The van der Waals surface area contributed by atoms with Gasteiger partial charge in [0.05, 0.1) is 6.54 Å². The van der Waals surface area contributed by atoms with Gasteiger partial charge in [-0.25, -0.2) is 10.8 Å². The van der Waals surface area contributed by atoms with Gasteiger partial charge in [-0.3, -0.25) is 14.6 Å². The number of pyridine rings is 1. The maximum Gasteiger partial charge on any atom is 0.253 e. The van der Waals surface area contributed by atoms with E-state index in [-0.39, 0.29) is 12.5 Å². The summed E-state index contributed by atoms with van der Waals surface area (Å²) in [5.41, 5.74) is 5.91. The van der Waals surface area contributed by atoms with Crippen molar-refractivity contribution in [2.45, 2.75) is 6.92 Å². The highest BCUT2D eigenvalue weighted by Gasteiger charge is 2.15. The van der Waals surface area contributed by atoms with Gasteiger partial charge in [-0.2, -0.15) is 11.3 Å². The van der Waals surface area contributed by atoms with Gasteiger partial charge in [0, 0.05) is 17.1 Å². The van der Waals surface area contributed by atoms with Gasteiger partial charge in [-0.05, 0) is 30.0 Å². The average molecular weight is 301 g/mol. The second-order valence-electron chi connectivity index (χ2n) is 4.68.